The second-order valence-corrected chi connectivity index (χ2v) is 4.89. The van der Waals surface area contributed by atoms with Gasteiger partial charge < -0.3 is 14.2 Å². The Labute approximate surface area is 133 Å². The van der Waals surface area contributed by atoms with Crippen LogP contribution in [0.25, 0.3) is 0 Å². The Bertz CT molecular complexity index is 384. The van der Waals surface area contributed by atoms with Gasteiger partial charge in [0.15, 0.2) is 11.5 Å². The normalized spacial score (nSPS) is 15.3. The van der Waals surface area contributed by atoms with Crippen molar-refractivity contribution in [3.8, 4) is 11.5 Å². The number of halogens is 1. The van der Waals surface area contributed by atoms with E-state index in [0.717, 1.165) is 63.8 Å². The minimum Gasteiger partial charge on any atom is -0.490 e. The highest BCUT2D eigenvalue weighted by Crippen LogP contribution is 2.26. The Morgan fingerprint density at radius 1 is 1.05 bits per heavy atom. The number of ether oxygens (including phenoxy) is 3. The van der Waals surface area contributed by atoms with Crippen molar-refractivity contribution in [1.29, 1.82) is 0 Å². The third kappa shape index (κ3) is 6.55. The van der Waals surface area contributed by atoms with Gasteiger partial charge in [-0.1, -0.05) is 12.1 Å². The number of hydrogen-bond donors (Lipinski definition) is 0. The lowest BCUT2D eigenvalue weighted by atomic mass is 10.3. The molecule has 21 heavy (non-hydrogen) atoms. The number of benzene rings is 1. The van der Waals surface area contributed by atoms with Gasteiger partial charge in [-0.3, -0.25) is 4.90 Å². The summed E-state index contributed by atoms with van der Waals surface area (Å²) in [6.45, 7) is 8.41. The minimum absolute atomic E-state index is 0. The summed E-state index contributed by atoms with van der Waals surface area (Å²) in [4.78, 5) is 2.46. The molecule has 2 rings (SSSR count). The fraction of sp³-hybridized carbons (Fsp3) is 0.625. The van der Waals surface area contributed by atoms with Crippen molar-refractivity contribution in [2.75, 3.05) is 46.1 Å². The van der Waals surface area contributed by atoms with E-state index >= 15 is 0 Å². The van der Waals surface area contributed by atoms with Crippen molar-refractivity contribution in [3.05, 3.63) is 24.3 Å². The zero-order valence-electron chi connectivity index (χ0n) is 12.8. The molecule has 4 nitrogen and oxygen atoms in total. The van der Waals surface area contributed by atoms with Gasteiger partial charge in [-0.2, -0.15) is 0 Å². The van der Waals surface area contributed by atoms with Gasteiger partial charge in [0, 0.05) is 13.1 Å². The van der Waals surface area contributed by atoms with Crippen LogP contribution in [0.1, 0.15) is 19.8 Å². The van der Waals surface area contributed by atoms with Crippen molar-refractivity contribution in [2.45, 2.75) is 19.8 Å². The molecular weight excluding hydrogens is 290 g/mol. The van der Waals surface area contributed by atoms with Gasteiger partial charge in [-0.15, -0.1) is 12.4 Å². The number of rotatable bonds is 8. The highest BCUT2D eigenvalue weighted by molar-refractivity contribution is 5.85. The van der Waals surface area contributed by atoms with Crippen molar-refractivity contribution in [2.24, 2.45) is 0 Å². The third-order valence-electron chi connectivity index (χ3n) is 3.38. The minimum atomic E-state index is 0. The van der Waals surface area contributed by atoms with Crippen LogP contribution >= 0.6 is 12.4 Å². The molecule has 0 radical (unpaired) electrons. The maximum absolute atomic E-state index is 5.81. The zero-order valence-corrected chi connectivity index (χ0v) is 13.6. The molecule has 1 saturated heterocycles. The van der Waals surface area contributed by atoms with Crippen LogP contribution in [-0.2, 0) is 4.74 Å². The quantitative estimate of drug-likeness (QED) is 0.690. The van der Waals surface area contributed by atoms with E-state index in [4.69, 9.17) is 14.2 Å². The second-order valence-electron chi connectivity index (χ2n) is 4.89. The molecule has 0 saturated carbocycles. The maximum atomic E-state index is 5.81. The van der Waals surface area contributed by atoms with Crippen LogP contribution in [0.15, 0.2) is 24.3 Å². The molecule has 120 valence electrons. The van der Waals surface area contributed by atoms with Gasteiger partial charge in [0.2, 0.25) is 0 Å². The third-order valence-corrected chi connectivity index (χ3v) is 3.38. The van der Waals surface area contributed by atoms with Crippen LogP contribution in [-0.4, -0.2) is 51.0 Å². The Kier molecular flexibility index (Phi) is 9.22. The van der Waals surface area contributed by atoms with E-state index in [9.17, 15) is 0 Å². The molecule has 0 aromatic heterocycles. The molecule has 1 fully saturated rings. The van der Waals surface area contributed by atoms with Crippen LogP contribution in [0.4, 0.5) is 0 Å². The molecule has 0 atom stereocenters. The molecule has 1 aromatic carbocycles. The van der Waals surface area contributed by atoms with Gasteiger partial charge in [-0.25, -0.2) is 0 Å². The Morgan fingerprint density at radius 2 is 1.71 bits per heavy atom. The molecule has 1 aliphatic heterocycles. The largest absolute Gasteiger partial charge is 0.490 e. The highest BCUT2D eigenvalue weighted by atomic mass is 35.5. The number of hydrogen-bond acceptors (Lipinski definition) is 4. The van der Waals surface area contributed by atoms with Gasteiger partial charge in [0.1, 0.15) is 0 Å². The lowest BCUT2D eigenvalue weighted by Crippen LogP contribution is -2.36. The van der Waals surface area contributed by atoms with E-state index in [2.05, 4.69) is 4.90 Å². The monoisotopic (exact) mass is 315 g/mol. The molecule has 0 N–H and O–H groups in total. The molecule has 0 spiro atoms. The summed E-state index contributed by atoms with van der Waals surface area (Å²) in [5.74, 6) is 1.68. The smallest absolute Gasteiger partial charge is 0.161 e. The lowest BCUT2D eigenvalue weighted by molar-refractivity contribution is 0.0367. The topological polar surface area (TPSA) is 30.9 Å². The second kappa shape index (κ2) is 10.7. The Morgan fingerprint density at radius 3 is 2.38 bits per heavy atom. The van der Waals surface area contributed by atoms with Crippen LogP contribution in [0.2, 0.25) is 0 Å². The average molecular weight is 316 g/mol. The fourth-order valence-corrected chi connectivity index (χ4v) is 2.29. The molecule has 0 aliphatic carbocycles. The first kappa shape index (κ1) is 18.1. The summed E-state index contributed by atoms with van der Waals surface area (Å²) >= 11 is 0. The summed E-state index contributed by atoms with van der Waals surface area (Å²) in [6, 6.07) is 7.86. The van der Waals surface area contributed by atoms with Crippen molar-refractivity contribution < 1.29 is 14.2 Å². The van der Waals surface area contributed by atoms with E-state index in [-0.39, 0.29) is 12.4 Å². The summed E-state index contributed by atoms with van der Waals surface area (Å²) < 4.78 is 16.7. The highest BCUT2D eigenvalue weighted by Gasteiger charge is 2.09. The predicted octanol–water partition coefficient (Wildman–Crippen LogP) is 3.00. The summed E-state index contributed by atoms with van der Waals surface area (Å²) in [6.07, 6.45) is 2.23. The molecule has 5 heteroatoms. The zero-order chi connectivity index (χ0) is 14.0. The van der Waals surface area contributed by atoms with Crippen molar-refractivity contribution >= 4 is 12.4 Å². The SMILES string of the molecule is CCOc1ccccc1OCCCCN1CCOCC1.Cl. The van der Waals surface area contributed by atoms with Crippen molar-refractivity contribution in [3.63, 3.8) is 0 Å². The van der Waals surface area contributed by atoms with Gasteiger partial charge in [0.25, 0.3) is 0 Å². The molecule has 0 unspecified atom stereocenters. The first-order chi connectivity index (χ1) is 9.90. The van der Waals surface area contributed by atoms with Gasteiger partial charge >= 0.3 is 0 Å². The standard InChI is InChI=1S/C16H25NO3.ClH/c1-2-19-15-7-3-4-8-16(15)20-12-6-5-9-17-10-13-18-14-11-17;/h3-4,7-8H,2,5-6,9-14H2,1H3;1H. The van der Waals surface area contributed by atoms with Crippen molar-refractivity contribution in [1.82, 2.24) is 4.90 Å². The number of unbranched alkanes of at least 4 members (excludes halogenated alkanes) is 1. The maximum Gasteiger partial charge on any atom is 0.161 e. The molecule has 0 bridgehead atoms. The Balaban J connectivity index is 0.00000220. The summed E-state index contributed by atoms with van der Waals surface area (Å²) in [5.41, 5.74) is 0. The summed E-state index contributed by atoms with van der Waals surface area (Å²) in [5, 5.41) is 0. The van der Waals surface area contributed by atoms with E-state index < -0.39 is 0 Å². The lowest BCUT2D eigenvalue weighted by Gasteiger charge is -2.26. The number of morpholine rings is 1. The molecule has 1 aromatic rings. The number of para-hydroxylation sites is 2. The Hall–Kier alpha value is -0.970. The van der Waals surface area contributed by atoms with Crippen LogP contribution in [0.3, 0.4) is 0 Å². The van der Waals surface area contributed by atoms with Crippen LogP contribution in [0, 0.1) is 0 Å². The fourth-order valence-electron chi connectivity index (χ4n) is 2.29. The van der Waals surface area contributed by atoms with E-state index in [1.54, 1.807) is 0 Å². The van der Waals surface area contributed by atoms with Crippen LogP contribution in [0.5, 0.6) is 11.5 Å². The summed E-state index contributed by atoms with van der Waals surface area (Å²) in [7, 11) is 0. The first-order valence-electron chi connectivity index (χ1n) is 7.55. The van der Waals surface area contributed by atoms with Gasteiger partial charge in [0.05, 0.1) is 26.4 Å². The average Bonchev–Trinajstić information content (AvgIpc) is 2.50. The molecule has 1 heterocycles. The number of nitrogens with zero attached hydrogens (tertiary/aromatic N) is 1. The molecule has 1 aliphatic rings. The first-order valence-corrected chi connectivity index (χ1v) is 7.55. The van der Waals surface area contributed by atoms with E-state index in [1.165, 1.54) is 0 Å². The predicted molar refractivity (Wildman–Crippen MR) is 86.8 cm³/mol. The van der Waals surface area contributed by atoms with Crippen LogP contribution < -0.4 is 9.47 Å². The van der Waals surface area contributed by atoms with E-state index in [0.29, 0.717) is 6.61 Å². The molecule has 0 amide bonds. The molecular formula is C16H26ClNO3. The van der Waals surface area contributed by atoms with E-state index in [1.807, 2.05) is 31.2 Å². The van der Waals surface area contributed by atoms with Gasteiger partial charge in [-0.05, 0) is 38.4 Å².